The molecule has 0 atom stereocenters. The van der Waals surface area contributed by atoms with Gasteiger partial charge in [-0.3, -0.25) is 9.28 Å². The van der Waals surface area contributed by atoms with Crippen LogP contribution in [-0.2, 0) is 9.53 Å². The van der Waals surface area contributed by atoms with Crippen molar-refractivity contribution in [1.82, 2.24) is 29.3 Å². The van der Waals surface area contributed by atoms with Crippen molar-refractivity contribution in [3.63, 3.8) is 0 Å². The summed E-state index contributed by atoms with van der Waals surface area (Å²) in [5, 5.41) is 18.3. The molecule has 1 aliphatic rings. The van der Waals surface area contributed by atoms with Crippen LogP contribution in [0.2, 0.25) is 0 Å². The minimum absolute atomic E-state index is 0.198. The number of nitrogens with zero attached hydrogens (tertiary/aromatic N) is 6. The van der Waals surface area contributed by atoms with Crippen LogP contribution in [0.15, 0.2) is 40.4 Å². The van der Waals surface area contributed by atoms with Gasteiger partial charge in [-0.05, 0) is 54.9 Å². The number of aromatic nitrogens is 5. The fraction of sp³-hybridized carbons (Fsp3) is 0.381. The first-order valence-corrected chi connectivity index (χ1v) is 12.3. The number of hydrogen-bond donors (Lipinski definition) is 2. The summed E-state index contributed by atoms with van der Waals surface area (Å²) in [7, 11) is 3.86. The highest BCUT2D eigenvalue weighted by molar-refractivity contribution is 7.99. The smallest absolute Gasteiger partial charge is 0.287 e. The lowest BCUT2D eigenvalue weighted by Gasteiger charge is -2.23. The van der Waals surface area contributed by atoms with E-state index in [9.17, 15) is 4.79 Å². The number of carbonyl (C=O) groups excluding carboxylic acids is 1. The van der Waals surface area contributed by atoms with Crippen LogP contribution in [0.5, 0.6) is 0 Å². The molecule has 0 radical (unpaired) electrons. The Hall–Kier alpha value is -2.80. The van der Waals surface area contributed by atoms with E-state index < -0.39 is 0 Å². The van der Waals surface area contributed by atoms with Gasteiger partial charge < -0.3 is 15.8 Å². The van der Waals surface area contributed by atoms with Crippen LogP contribution in [0.1, 0.15) is 12.8 Å². The topological polar surface area (TPSA) is 120 Å². The number of carbonyl (C=O) groups is 1. The number of rotatable bonds is 7. The Kier molecular flexibility index (Phi) is 5.91. The van der Waals surface area contributed by atoms with E-state index >= 15 is 0 Å². The van der Waals surface area contributed by atoms with E-state index in [2.05, 4.69) is 21.6 Å². The van der Waals surface area contributed by atoms with Gasteiger partial charge in [0, 0.05) is 24.2 Å². The molecule has 4 aromatic rings. The van der Waals surface area contributed by atoms with Gasteiger partial charge in [0.25, 0.3) is 11.0 Å². The molecule has 10 nitrogen and oxygen atoms in total. The number of nitrogens with two attached hydrogens (primary N) is 1. The molecule has 1 fully saturated rings. The van der Waals surface area contributed by atoms with Gasteiger partial charge in [0.2, 0.25) is 5.16 Å². The van der Waals surface area contributed by atoms with E-state index in [4.69, 9.17) is 20.6 Å². The average molecular weight is 486 g/mol. The Labute approximate surface area is 198 Å². The van der Waals surface area contributed by atoms with Crippen LogP contribution < -0.4 is 15.5 Å². The van der Waals surface area contributed by atoms with E-state index in [1.807, 2.05) is 38.4 Å². The van der Waals surface area contributed by atoms with Crippen molar-refractivity contribution in [1.29, 1.82) is 0 Å². The molecule has 0 aliphatic carbocycles. The lowest BCUT2D eigenvalue weighted by Crippen LogP contribution is -2.46. The van der Waals surface area contributed by atoms with E-state index in [0.717, 1.165) is 52.1 Å². The molecule has 0 bridgehead atoms. The van der Waals surface area contributed by atoms with E-state index in [1.54, 1.807) is 15.9 Å². The van der Waals surface area contributed by atoms with Crippen molar-refractivity contribution in [2.75, 3.05) is 39.2 Å². The maximum Gasteiger partial charge on any atom is 0.287 e. The number of ether oxygens (including phenoxy) is 1. The fourth-order valence-corrected chi connectivity index (χ4v) is 5.70. The monoisotopic (exact) mass is 485 g/mol. The minimum Gasteiger partial charge on any atom is -0.381 e. The SMILES string of the molecule is C[N+](C)(CC(N)=O)c1nc2ccc(Sc3nnc4ccc(NC5CCOCC5)nn34)cc2s1. The van der Waals surface area contributed by atoms with Gasteiger partial charge in [0.1, 0.15) is 5.82 Å². The molecule has 3 aromatic heterocycles. The van der Waals surface area contributed by atoms with Crippen LogP contribution >= 0.6 is 23.1 Å². The van der Waals surface area contributed by atoms with Gasteiger partial charge in [-0.1, -0.05) is 11.3 Å². The quantitative estimate of drug-likeness (QED) is 0.383. The van der Waals surface area contributed by atoms with Gasteiger partial charge >= 0.3 is 0 Å². The molecule has 1 saturated heterocycles. The van der Waals surface area contributed by atoms with E-state index in [1.165, 1.54) is 11.8 Å². The van der Waals surface area contributed by atoms with Crippen molar-refractivity contribution >= 4 is 55.8 Å². The summed E-state index contributed by atoms with van der Waals surface area (Å²) in [6.07, 6.45) is 1.94. The van der Waals surface area contributed by atoms with Crippen molar-refractivity contribution in [2.45, 2.75) is 28.9 Å². The number of benzene rings is 1. The molecule has 172 valence electrons. The van der Waals surface area contributed by atoms with E-state index in [0.29, 0.717) is 21.3 Å². The van der Waals surface area contributed by atoms with Gasteiger partial charge in [0.05, 0.1) is 24.3 Å². The standard InChI is InChI=1S/C21H24N8O2S2/c1-29(2,12-17(22)30)21-24-15-4-3-14(11-16(15)33-21)32-20-26-25-19-6-5-18(27-28(19)20)23-13-7-9-31-10-8-13/h3-6,11,13H,7-10,12H2,1-2H3,(H2-,22,23,27,30)/p+1. The summed E-state index contributed by atoms with van der Waals surface area (Å²) < 4.78 is 8.55. The third-order valence-electron chi connectivity index (χ3n) is 5.43. The first-order valence-electron chi connectivity index (χ1n) is 10.6. The highest BCUT2D eigenvalue weighted by atomic mass is 32.2. The van der Waals surface area contributed by atoms with Gasteiger partial charge in [-0.15, -0.1) is 15.3 Å². The number of thiazole rings is 1. The van der Waals surface area contributed by atoms with Crippen molar-refractivity contribution < 1.29 is 9.53 Å². The summed E-state index contributed by atoms with van der Waals surface area (Å²) >= 11 is 3.06. The van der Waals surface area contributed by atoms with Gasteiger partial charge in [0.15, 0.2) is 12.2 Å². The number of anilines is 1. The summed E-state index contributed by atoms with van der Waals surface area (Å²) in [6, 6.07) is 10.3. The second-order valence-corrected chi connectivity index (χ2v) is 10.6. The number of hydrogen-bond acceptors (Lipinski definition) is 9. The predicted octanol–water partition coefficient (Wildman–Crippen LogP) is 2.53. The molecule has 4 heterocycles. The Balaban J connectivity index is 1.38. The zero-order chi connectivity index (χ0) is 23.0. The zero-order valence-corrected chi connectivity index (χ0v) is 20.0. The first kappa shape index (κ1) is 22.0. The third-order valence-corrected chi connectivity index (χ3v) is 7.68. The summed E-state index contributed by atoms with van der Waals surface area (Å²) in [4.78, 5) is 17.1. The van der Waals surface area contributed by atoms with E-state index in [-0.39, 0.29) is 12.5 Å². The average Bonchev–Trinajstić information content (AvgIpc) is 3.38. The molecule has 12 heteroatoms. The molecule has 5 rings (SSSR count). The molecule has 1 amide bonds. The fourth-order valence-electron chi connectivity index (χ4n) is 3.74. The van der Waals surface area contributed by atoms with Crippen LogP contribution in [0.3, 0.4) is 0 Å². The number of primary amides is 1. The maximum absolute atomic E-state index is 11.4. The lowest BCUT2D eigenvalue weighted by molar-refractivity contribution is -0.118. The Morgan fingerprint density at radius 3 is 2.88 bits per heavy atom. The molecule has 3 N–H and O–H groups in total. The van der Waals surface area contributed by atoms with Crippen LogP contribution in [-0.4, -0.2) is 70.6 Å². The number of fused-ring (bicyclic) bond motifs is 2. The molecular formula is C21H25N8O2S2+. The minimum atomic E-state index is -0.354. The molecule has 0 saturated carbocycles. The highest BCUT2D eigenvalue weighted by Crippen LogP contribution is 2.35. The second kappa shape index (κ2) is 8.86. The van der Waals surface area contributed by atoms with Crippen LogP contribution in [0.4, 0.5) is 10.9 Å². The van der Waals surface area contributed by atoms with Gasteiger partial charge in [-0.25, -0.2) is 0 Å². The van der Waals surface area contributed by atoms with Crippen molar-refractivity contribution in [3.8, 4) is 0 Å². The molecular weight excluding hydrogens is 460 g/mol. The van der Waals surface area contributed by atoms with Gasteiger partial charge in [-0.2, -0.15) is 9.50 Å². The summed E-state index contributed by atoms with van der Waals surface area (Å²) in [5.41, 5.74) is 6.99. The predicted molar refractivity (Wildman–Crippen MR) is 130 cm³/mol. The number of likely N-dealkylation sites (N-methyl/N-ethyl adjacent to an activating group) is 1. The second-order valence-electron chi connectivity index (χ2n) is 8.54. The molecule has 0 unspecified atom stereocenters. The number of quaternary nitrogens is 1. The summed E-state index contributed by atoms with van der Waals surface area (Å²) in [5.74, 6) is 0.445. The van der Waals surface area contributed by atoms with Crippen molar-refractivity contribution in [2.24, 2.45) is 5.73 Å². The number of nitrogens with one attached hydrogen (secondary N) is 1. The highest BCUT2D eigenvalue weighted by Gasteiger charge is 2.26. The lowest BCUT2D eigenvalue weighted by atomic mass is 10.1. The third kappa shape index (κ3) is 4.78. The Morgan fingerprint density at radius 2 is 2.09 bits per heavy atom. The van der Waals surface area contributed by atoms with Crippen LogP contribution in [0.25, 0.3) is 15.9 Å². The molecule has 33 heavy (non-hydrogen) atoms. The first-order chi connectivity index (χ1) is 15.9. The Bertz CT molecular complexity index is 1310. The normalized spacial score (nSPS) is 15.3. The van der Waals surface area contributed by atoms with Crippen LogP contribution in [0, 0.1) is 0 Å². The number of amides is 1. The molecule has 1 aromatic carbocycles. The Morgan fingerprint density at radius 1 is 1.27 bits per heavy atom. The maximum atomic E-state index is 11.4. The van der Waals surface area contributed by atoms with Crippen molar-refractivity contribution in [3.05, 3.63) is 30.3 Å². The molecule has 0 spiro atoms. The summed E-state index contributed by atoms with van der Waals surface area (Å²) in [6.45, 7) is 1.74. The molecule has 1 aliphatic heterocycles. The largest absolute Gasteiger partial charge is 0.381 e. The zero-order valence-electron chi connectivity index (χ0n) is 18.4.